The zero-order valence-corrected chi connectivity index (χ0v) is 15.6. The van der Waals surface area contributed by atoms with Gasteiger partial charge in [0.25, 0.3) is 0 Å². The van der Waals surface area contributed by atoms with Crippen LogP contribution in [-0.2, 0) is 11.3 Å². The summed E-state index contributed by atoms with van der Waals surface area (Å²) in [6.07, 6.45) is 2.50. The number of hydrogen-bond acceptors (Lipinski definition) is 2. The van der Waals surface area contributed by atoms with Crippen molar-refractivity contribution >= 4 is 28.5 Å². The first-order chi connectivity index (χ1) is 12.7. The molecule has 5 heteroatoms. The molecular weight excluding hydrogens is 346 g/mol. The number of hydrogen-bond donors (Lipinski definition) is 0. The highest BCUT2D eigenvalue weighted by Crippen LogP contribution is 2.34. The molecule has 1 aromatic heterocycles. The Balaban J connectivity index is 1.82. The fourth-order valence-corrected chi connectivity index (χ4v) is 4.04. The van der Waals surface area contributed by atoms with Crippen molar-refractivity contribution in [3.05, 3.63) is 64.9 Å². The number of amides is 1. The third kappa shape index (κ3) is 2.99. The molecule has 3 aromatic rings. The number of rotatable bonds is 4. The lowest BCUT2D eigenvalue weighted by molar-refractivity contribution is -0.131. The minimum absolute atomic E-state index is 0.0392. The van der Waals surface area contributed by atoms with E-state index in [1.54, 1.807) is 0 Å². The molecule has 0 radical (unpaired) electrons. The maximum Gasteiger partial charge on any atom is 0.222 e. The lowest BCUT2D eigenvalue weighted by Crippen LogP contribution is -2.31. The van der Waals surface area contributed by atoms with Crippen LogP contribution in [0.25, 0.3) is 11.0 Å². The second-order valence-corrected chi connectivity index (χ2v) is 7.14. The SMILES string of the molecule is CCC(=O)N1CCC[C@@H]1c1nc2ccccc2n1Cc1ccccc1Cl. The molecule has 134 valence electrons. The van der Waals surface area contributed by atoms with E-state index in [0.717, 1.165) is 46.8 Å². The van der Waals surface area contributed by atoms with Gasteiger partial charge < -0.3 is 9.47 Å². The molecular formula is C21H22ClN3O. The van der Waals surface area contributed by atoms with Gasteiger partial charge in [-0.05, 0) is 36.6 Å². The number of benzene rings is 2. The van der Waals surface area contributed by atoms with Gasteiger partial charge in [-0.1, -0.05) is 48.9 Å². The Labute approximate surface area is 158 Å². The molecule has 0 N–H and O–H groups in total. The van der Waals surface area contributed by atoms with E-state index in [1.807, 2.05) is 54.3 Å². The number of aromatic nitrogens is 2. The van der Waals surface area contributed by atoms with Gasteiger partial charge in [-0.2, -0.15) is 0 Å². The Bertz CT molecular complexity index is 949. The Morgan fingerprint density at radius 1 is 1.19 bits per heavy atom. The van der Waals surface area contributed by atoms with Gasteiger partial charge in [0.1, 0.15) is 5.82 Å². The van der Waals surface area contributed by atoms with E-state index < -0.39 is 0 Å². The number of para-hydroxylation sites is 2. The molecule has 1 fully saturated rings. The number of likely N-dealkylation sites (tertiary alicyclic amines) is 1. The Morgan fingerprint density at radius 3 is 2.77 bits per heavy atom. The maximum absolute atomic E-state index is 12.4. The predicted octanol–water partition coefficient (Wildman–Crippen LogP) is 4.81. The molecule has 4 nitrogen and oxygen atoms in total. The van der Waals surface area contributed by atoms with Crippen LogP contribution in [0.15, 0.2) is 48.5 Å². The first-order valence-electron chi connectivity index (χ1n) is 9.17. The lowest BCUT2D eigenvalue weighted by Gasteiger charge is -2.25. The third-order valence-electron chi connectivity index (χ3n) is 5.14. The van der Waals surface area contributed by atoms with Crippen LogP contribution in [-0.4, -0.2) is 26.9 Å². The first-order valence-corrected chi connectivity index (χ1v) is 9.55. The molecule has 4 rings (SSSR count). The van der Waals surface area contributed by atoms with Crippen molar-refractivity contribution in [2.45, 2.75) is 38.8 Å². The van der Waals surface area contributed by atoms with Crippen LogP contribution in [0, 0.1) is 0 Å². The fourth-order valence-electron chi connectivity index (χ4n) is 3.85. The summed E-state index contributed by atoms with van der Waals surface area (Å²) in [4.78, 5) is 19.3. The number of carbonyl (C=O) groups is 1. The molecule has 2 aromatic carbocycles. The Hall–Kier alpha value is -2.33. The van der Waals surface area contributed by atoms with Crippen LogP contribution in [0.4, 0.5) is 0 Å². The fraction of sp³-hybridized carbons (Fsp3) is 0.333. The van der Waals surface area contributed by atoms with Crippen molar-refractivity contribution in [3.63, 3.8) is 0 Å². The van der Waals surface area contributed by atoms with Gasteiger partial charge in [0, 0.05) is 18.0 Å². The molecule has 1 saturated heterocycles. The summed E-state index contributed by atoms with van der Waals surface area (Å²) in [6.45, 7) is 3.39. The molecule has 0 spiro atoms. The van der Waals surface area contributed by atoms with E-state index in [-0.39, 0.29) is 11.9 Å². The minimum Gasteiger partial charge on any atom is -0.333 e. The highest BCUT2D eigenvalue weighted by Gasteiger charge is 2.33. The molecule has 1 aliphatic heterocycles. The molecule has 0 saturated carbocycles. The summed E-state index contributed by atoms with van der Waals surface area (Å²) < 4.78 is 2.22. The average molecular weight is 368 g/mol. The molecule has 0 aliphatic carbocycles. The standard InChI is InChI=1S/C21H22ClN3O/c1-2-20(26)24-13-7-12-19(24)21-23-17-10-5-6-11-18(17)25(21)14-15-8-3-4-9-16(15)22/h3-6,8-11,19H,2,7,12-14H2,1H3/t19-/m1/s1. The summed E-state index contributed by atoms with van der Waals surface area (Å²) >= 11 is 6.41. The monoisotopic (exact) mass is 367 g/mol. The molecule has 2 heterocycles. The smallest absolute Gasteiger partial charge is 0.222 e. The Kier molecular flexibility index (Phi) is 4.68. The Morgan fingerprint density at radius 2 is 1.96 bits per heavy atom. The molecule has 0 bridgehead atoms. The average Bonchev–Trinajstić information content (AvgIpc) is 3.28. The topological polar surface area (TPSA) is 38.1 Å². The van der Waals surface area contributed by atoms with Crippen molar-refractivity contribution in [3.8, 4) is 0 Å². The summed E-state index contributed by atoms with van der Waals surface area (Å²) in [5.41, 5.74) is 3.11. The number of nitrogens with zero attached hydrogens (tertiary/aromatic N) is 3. The summed E-state index contributed by atoms with van der Waals surface area (Å²) in [5, 5.41) is 0.754. The molecule has 1 atom stereocenters. The highest BCUT2D eigenvalue weighted by atomic mass is 35.5. The number of halogens is 1. The van der Waals surface area contributed by atoms with Crippen LogP contribution in [0.2, 0.25) is 5.02 Å². The number of carbonyl (C=O) groups excluding carboxylic acids is 1. The molecule has 26 heavy (non-hydrogen) atoms. The van der Waals surface area contributed by atoms with Gasteiger partial charge in [0.15, 0.2) is 0 Å². The minimum atomic E-state index is 0.0392. The van der Waals surface area contributed by atoms with E-state index in [4.69, 9.17) is 16.6 Å². The van der Waals surface area contributed by atoms with Crippen LogP contribution in [0.1, 0.15) is 43.6 Å². The maximum atomic E-state index is 12.4. The summed E-state index contributed by atoms with van der Waals surface area (Å²) in [6, 6.07) is 16.1. The van der Waals surface area contributed by atoms with E-state index in [2.05, 4.69) is 10.6 Å². The zero-order valence-electron chi connectivity index (χ0n) is 14.9. The number of fused-ring (bicyclic) bond motifs is 1. The summed E-state index contributed by atoms with van der Waals surface area (Å²) in [5.74, 6) is 1.16. The van der Waals surface area contributed by atoms with E-state index in [1.165, 1.54) is 0 Å². The van der Waals surface area contributed by atoms with Crippen LogP contribution in [0.5, 0.6) is 0 Å². The van der Waals surface area contributed by atoms with Crippen molar-refractivity contribution in [2.24, 2.45) is 0 Å². The highest BCUT2D eigenvalue weighted by molar-refractivity contribution is 6.31. The third-order valence-corrected chi connectivity index (χ3v) is 5.51. The van der Waals surface area contributed by atoms with Crippen molar-refractivity contribution in [1.82, 2.24) is 14.5 Å². The van der Waals surface area contributed by atoms with Crippen molar-refractivity contribution in [2.75, 3.05) is 6.54 Å². The second kappa shape index (κ2) is 7.12. The van der Waals surface area contributed by atoms with Crippen LogP contribution in [0.3, 0.4) is 0 Å². The van der Waals surface area contributed by atoms with Crippen molar-refractivity contribution in [1.29, 1.82) is 0 Å². The quantitative estimate of drug-likeness (QED) is 0.663. The van der Waals surface area contributed by atoms with Gasteiger partial charge in [0.05, 0.1) is 23.6 Å². The van der Waals surface area contributed by atoms with Gasteiger partial charge in [0.2, 0.25) is 5.91 Å². The van der Waals surface area contributed by atoms with E-state index in [0.29, 0.717) is 13.0 Å². The number of imidazole rings is 1. The molecule has 1 aliphatic rings. The van der Waals surface area contributed by atoms with Gasteiger partial charge in [-0.15, -0.1) is 0 Å². The van der Waals surface area contributed by atoms with Gasteiger partial charge >= 0.3 is 0 Å². The first kappa shape index (κ1) is 17.1. The lowest BCUT2D eigenvalue weighted by atomic mass is 10.1. The molecule has 1 amide bonds. The normalized spacial score (nSPS) is 17.2. The van der Waals surface area contributed by atoms with E-state index >= 15 is 0 Å². The second-order valence-electron chi connectivity index (χ2n) is 6.73. The van der Waals surface area contributed by atoms with Crippen LogP contribution < -0.4 is 0 Å². The van der Waals surface area contributed by atoms with Gasteiger partial charge in [-0.3, -0.25) is 4.79 Å². The van der Waals surface area contributed by atoms with Crippen LogP contribution >= 0.6 is 11.6 Å². The predicted molar refractivity (Wildman–Crippen MR) is 104 cm³/mol. The zero-order chi connectivity index (χ0) is 18.1. The van der Waals surface area contributed by atoms with Gasteiger partial charge in [-0.25, -0.2) is 4.98 Å². The van der Waals surface area contributed by atoms with Crippen molar-refractivity contribution < 1.29 is 4.79 Å². The van der Waals surface area contributed by atoms with E-state index in [9.17, 15) is 4.79 Å². The molecule has 0 unspecified atom stereocenters. The largest absolute Gasteiger partial charge is 0.333 e. The summed E-state index contributed by atoms with van der Waals surface area (Å²) in [7, 11) is 0.